The lowest BCUT2D eigenvalue weighted by atomic mass is 9.76. The topological polar surface area (TPSA) is 3.24 Å². The SMILES string of the molecule is Cc1ccc(N(c2ccc(C(C)(C)C)cc2)c2ccc3c(c2)C(C)(C)c2ccccc2-3)cc1C(C)(C)c1ccccc1. The first kappa shape index (κ1) is 28.0. The van der Waals surface area contributed by atoms with E-state index in [0.29, 0.717) is 0 Å². The number of nitrogens with zero attached hydrogens (tertiary/aromatic N) is 1. The summed E-state index contributed by atoms with van der Waals surface area (Å²) in [6.07, 6.45) is 0. The molecule has 0 saturated carbocycles. The number of benzene rings is 5. The first-order valence-electron chi connectivity index (χ1n) is 15.2. The largest absolute Gasteiger partial charge is 0.310 e. The summed E-state index contributed by atoms with van der Waals surface area (Å²) in [5.41, 5.74) is 14.2. The Morgan fingerprint density at radius 2 is 1.10 bits per heavy atom. The molecule has 0 spiro atoms. The molecule has 0 aromatic heterocycles. The molecule has 1 aliphatic rings. The minimum atomic E-state index is -0.134. The van der Waals surface area contributed by atoms with E-state index in [1.807, 2.05) is 0 Å². The molecule has 0 N–H and O–H groups in total. The van der Waals surface area contributed by atoms with Crippen LogP contribution in [0.2, 0.25) is 0 Å². The fourth-order valence-electron chi connectivity index (χ4n) is 6.82. The van der Waals surface area contributed by atoms with Gasteiger partial charge in [-0.2, -0.15) is 0 Å². The quantitative estimate of drug-likeness (QED) is 0.211. The van der Waals surface area contributed by atoms with Crippen molar-refractivity contribution in [3.63, 3.8) is 0 Å². The third-order valence-corrected chi connectivity index (χ3v) is 9.46. The maximum atomic E-state index is 2.44. The van der Waals surface area contributed by atoms with Crippen LogP contribution in [0.25, 0.3) is 11.1 Å². The molecular formula is C41H43N. The van der Waals surface area contributed by atoms with Gasteiger partial charge in [0.2, 0.25) is 0 Å². The van der Waals surface area contributed by atoms with Crippen LogP contribution in [0.3, 0.4) is 0 Å². The average Bonchev–Trinajstić information content (AvgIpc) is 3.20. The summed E-state index contributed by atoms with van der Waals surface area (Å²) in [6.45, 7) is 18.5. The standard InChI is InChI=1S/C41H43N/c1-28-18-21-32(26-37(28)40(5,6)30-14-10-9-11-15-30)42(31-22-19-29(20-23-31)39(2,3)4)33-24-25-35-34-16-12-13-17-36(34)41(7,8)38(35)27-33/h9-27H,1-8H3. The molecule has 42 heavy (non-hydrogen) atoms. The van der Waals surface area contributed by atoms with Crippen LogP contribution in [-0.2, 0) is 16.2 Å². The summed E-state index contributed by atoms with van der Waals surface area (Å²) in [4.78, 5) is 2.44. The van der Waals surface area contributed by atoms with E-state index in [9.17, 15) is 0 Å². The maximum absolute atomic E-state index is 2.44. The van der Waals surface area contributed by atoms with Gasteiger partial charge in [0.1, 0.15) is 0 Å². The van der Waals surface area contributed by atoms with Crippen LogP contribution in [0.15, 0.2) is 115 Å². The molecule has 0 fully saturated rings. The summed E-state index contributed by atoms with van der Waals surface area (Å²) >= 11 is 0. The molecular weight excluding hydrogens is 506 g/mol. The van der Waals surface area contributed by atoms with Gasteiger partial charge in [-0.1, -0.05) is 127 Å². The van der Waals surface area contributed by atoms with E-state index in [1.54, 1.807) is 0 Å². The molecule has 0 aliphatic heterocycles. The minimum Gasteiger partial charge on any atom is -0.310 e. The lowest BCUT2D eigenvalue weighted by Gasteiger charge is -2.32. The molecule has 0 unspecified atom stereocenters. The Morgan fingerprint density at radius 3 is 1.79 bits per heavy atom. The Kier molecular flexibility index (Phi) is 6.69. The molecule has 5 aromatic rings. The van der Waals surface area contributed by atoms with Crippen molar-refractivity contribution in [1.29, 1.82) is 0 Å². The average molecular weight is 550 g/mol. The smallest absolute Gasteiger partial charge is 0.0465 e. The molecule has 5 aromatic carbocycles. The second kappa shape index (κ2) is 10.0. The number of anilines is 3. The van der Waals surface area contributed by atoms with Gasteiger partial charge in [-0.05, 0) is 93.2 Å². The van der Waals surface area contributed by atoms with Crippen LogP contribution in [0.5, 0.6) is 0 Å². The predicted octanol–water partition coefficient (Wildman–Crippen LogP) is 11.4. The predicted molar refractivity (Wildman–Crippen MR) is 181 cm³/mol. The van der Waals surface area contributed by atoms with E-state index < -0.39 is 0 Å². The van der Waals surface area contributed by atoms with E-state index in [-0.39, 0.29) is 16.2 Å². The Labute approximate surface area is 252 Å². The highest BCUT2D eigenvalue weighted by atomic mass is 15.1. The monoisotopic (exact) mass is 549 g/mol. The fourth-order valence-corrected chi connectivity index (χ4v) is 6.82. The molecule has 0 radical (unpaired) electrons. The number of hydrogen-bond acceptors (Lipinski definition) is 1. The number of aryl methyl sites for hydroxylation is 1. The molecule has 6 rings (SSSR count). The molecule has 0 heterocycles. The number of fused-ring (bicyclic) bond motifs is 3. The van der Waals surface area contributed by atoms with Gasteiger partial charge in [0.25, 0.3) is 0 Å². The van der Waals surface area contributed by atoms with Crippen molar-refractivity contribution in [2.45, 2.75) is 71.6 Å². The van der Waals surface area contributed by atoms with Crippen molar-refractivity contribution >= 4 is 17.1 Å². The van der Waals surface area contributed by atoms with Gasteiger partial charge in [0, 0.05) is 27.9 Å². The van der Waals surface area contributed by atoms with Crippen LogP contribution in [0.1, 0.15) is 81.8 Å². The van der Waals surface area contributed by atoms with Crippen LogP contribution < -0.4 is 4.90 Å². The number of rotatable bonds is 5. The van der Waals surface area contributed by atoms with E-state index in [4.69, 9.17) is 0 Å². The van der Waals surface area contributed by atoms with Crippen LogP contribution in [0.4, 0.5) is 17.1 Å². The Bertz CT molecular complexity index is 1750. The summed E-state index contributed by atoms with van der Waals surface area (Å²) in [6, 6.07) is 42.9. The zero-order valence-corrected chi connectivity index (χ0v) is 26.4. The molecule has 0 amide bonds. The Hall–Kier alpha value is -4.10. The van der Waals surface area contributed by atoms with Gasteiger partial charge in [0.15, 0.2) is 0 Å². The van der Waals surface area contributed by atoms with Crippen molar-refractivity contribution in [3.05, 3.63) is 149 Å². The molecule has 1 nitrogen and oxygen atoms in total. The highest BCUT2D eigenvalue weighted by Crippen LogP contribution is 2.51. The first-order chi connectivity index (χ1) is 19.9. The molecule has 0 bridgehead atoms. The summed E-state index contributed by atoms with van der Waals surface area (Å²) in [5, 5.41) is 0. The van der Waals surface area contributed by atoms with Gasteiger partial charge >= 0.3 is 0 Å². The summed E-state index contributed by atoms with van der Waals surface area (Å²) < 4.78 is 0. The van der Waals surface area contributed by atoms with Crippen LogP contribution >= 0.6 is 0 Å². The van der Waals surface area contributed by atoms with Gasteiger partial charge < -0.3 is 4.90 Å². The molecule has 1 aliphatic carbocycles. The second-order valence-corrected chi connectivity index (χ2v) is 14.0. The summed E-state index contributed by atoms with van der Waals surface area (Å²) in [5.74, 6) is 0. The molecule has 1 heteroatoms. The third kappa shape index (κ3) is 4.66. The van der Waals surface area contributed by atoms with Crippen molar-refractivity contribution in [3.8, 4) is 11.1 Å². The molecule has 0 atom stereocenters. The van der Waals surface area contributed by atoms with Crippen LogP contribution in [0, 0.1) is 6.92 Å². The Morgan fingerprint density at radius 1 is 0.524 bits per heavy atom. The normalized spacial score (nSPS) is 13.9. The van der Waals surface area contributed by atoms with Gasteiger partial charge in [-0.25, -0.2) is 0 Å². The van der Waals surface area contributed by atoms with Gasteiger partial charge in [0.05, 0.1) is 0 Å². The zero-order chi connectivity index (χ0) is 29.9. The second-order valence-electron chi connectivity index (χ2n) is 14.0. The van der Waals surface area contributed by atoms with Gasteiger partial charge in [-0.3, -0.25) is 0 Å². The molecule has 212 valence electrons. The van der Waals surface area contributed by atoms with Gasteiger partial charge in [-0.15, -0.1) is 0 Å². The van der Waals surface area contributed by atoms with E-state index in [2.05, 4.69) is 176 Å². The van der Waals surface area contributed by atoms with Crippen molar-refractivity contribution in [2.24, 2.45) is 0 Å². The highest BCUT2D eigenvalue weighted by Gasteiger charge is 2.36. The van der Waals surface area contributed by atoms with Crippen molar-refractivity contribution in [2.75, 3.05) is 4.90 Å². The number of hydrogen-bond donors (Lipinski definition) is 0. The van der Waals surface area contributed by atoms with Crippen molar-refractivity contribution < 1.29 is 0 Å². The summed E-state index contributed by atoms with van der Waals surface area (Å²) in [7, 11) is 0. The Balaban J connectivity index is 1.53. The minimum absolute atomic E-state index is 0.0581. The van der Waals surface area contributed by atoms with E-state index >= 15 is 0 Å². The van der Waals surface area contributed by atoms with E-state index in [1.165, 1.54) is 61.6 Å². The van der Waals surface area contributed by atoms with E-state index in [0.717, 1.165) is 0 Å². The zero-order valence-electron chi connectivity index (χ0n) is 26.4. The van der Waals surface area contributed by atoms with Crippen LogP contribution in [-0.4, -0.2) is 0 Å². The lowest BCUT2D eigenvalue weighted by Crippen LogP contribution is -2.21. The fraction of sp³-hybridized carbons (Fsp3) is 0.268. The van der Waals surface area contributed by atoms with Crippen molar-refractivity contribution in [1.82, 2.24) is 0 Å². The molecule has 0 saturated heterocycles. The maximum Gasteiger partial charge on any atom is 0.0465 e. The third-order valence-electron chi connectivity index (χ3n) is 9.46. The first-order valence-corrected chi connectivity index (χ1v) is 15.2. The highest BCUT2D eigenvalue weighted by molar-refractivity contribution is 5.85. The lowest BCUT2D eigenvalue weighted by molar-refractivity contribution is 0.590.